The average Bonchev–Trinajstić information content (AvgIpc) is 2.84. The Bertz CT molecular complexity index is 230. The molecular formula is C15H32N2O2. The molecule has 1 aliphatic rings. The highest BCUT2D eigenvalue weighted by molar-refractivity contribution is 4.90. The third-order valence-electron chi connectivity index (χ3n) is 4.37. The van der Waals surface area contributed by atoms with Crippen molar-refractivity contribution >= 4 is 0 Å². The van der Waals surface area contributed by atoms with E-state index in [2.05, 4.69) is 24.2 Å². The van der Waals surface area contributed by atoms with Gasteiger partial charge in [0.1, 0.15) is 0 Å². The molecule has 0 heterocycles. The van der Waals surface area contributed by atoms with Gasteiger partial charge in [-0.1, -0.05) is 12.8 Å². The SMILES string of the molecule is CNCC1(CN(CCOC)C(C)COC)CCCC1. The summed E-state index contributed by atoms with van der Waals surface area (Å²) in [5.74, 6) is 0. The zero-order valence-corrected chi connectivity index (χ0v) is 13.2. The molecule has 0 aliphatic heterocycles. The molecular weight excluding hydrogens is 240 g/mol. The van der Waals surface area contributed by atoms with E-state index in [1.165, 1.54) is 25.7 Å². The van der Waals surface area contributed by atoms with E-state index in [1.807, 2.05) is 0 Å². The van der Waals surface area contributed by atoms with Crippen molar-refractivity contribution in [2.45, 2.75) is 38.6 Å². The largest absolute Gasteiger partial charge is 0.383 e. The maximum absolute atomic E-state index is 5.32. The van der Waals surface area contributed by atoms with Gasteiger partial charge in [0, 0.05) is 39.9 Å². The predicted octanol–water partition coefficient (Wildman–Crippen LogP) is 1.75. The van der Waals surface area contributed by atoms with E-state index in [0.29, 0.717) is 11.5 Å². The third kappa shape index (κ3) is 5.38. The Morgan fingerprint density at radius 1 is 1.21 bits per heavy atom. The van der Waals surface area contributed by atoms with Crippen molar-refractivity contribution in [1.82, 2.24) is 10.2 Å². The maximum atomic E-state index is 5.32. The lowest BCUT2D eigenvalue weighted by Crippen LogP contribution is -2.47. The predicted molar refractivity (Wildman–Crippen MR) is 79.6 cm³/mol. The molecule has 114 valence electrons. The van der Waals surface area contributed by atoms with E-state index < -0.39 is 0 Å². The van der Waals surface area contributed by atoms with Crippen LogP contribution in [0.1, 0.15) is 32.6 Å². The molecule has 1 fully saturated rings. The van der Waals surface area contributed by atoms with Gasteiger partial charge in [-0.05, 0) is 32.2 Å². The quantitative estimate of drug-likeness (QED) is 0.657. The Morgan fingerprint density at radius 3 is 2.42 bits per heavy atom. The molecule has 0 aromatic carbocycles. The summed E-state index contributed by atoms with van der Waals surface area (Å²) < 4.78 is 10.6. The minimum absolute atomic E-state index is 0.449. The van der Waals surface area contributed by atoms with Crippen LogP contribution < -0.4 is 5.32 Å². The summed E-state index contributed by atoms with van der Waals surface area (Å²) in [6.07, 6.45) is 5.44. The molecule has 1 atom stereocenters. The molecule has 4 heteroatoms. The van der Waals surface area contributed by atoms with Crippen LogP contribution >= 0.6 is 0 Å². The van der Waals surface area contributed by atoms with Gasteiger partial charge in [0.25, 0.3) is 0 Å². The first kappa shape index (κ1) is 16.9. The van der Waals surface area contributed by atoms with Crippen molar-refractivity contribution in [2.75, 3.05) is 54.1 Å². The molecule has 0 amide bonds. The molecule has 1 unspecified atom stereocenters. The highest BCUT2D eigenvalue weighted by Gasteiger charge is 2.35. The zero-order valence-electron chi connectivity index (χ0n) is 13.2. The number of ether oxygens (including phenoxy) is 2. The Hall–Kier alpha value is -0.160. The van der Waals surface area contributed by atoms with Gasteiger partial charge < -0.3 is 14.8 Å². The van der Waals surface area contributed by atoms with Gasteiger partial charge in [0.05, 0.1) is 13.2 Å². The standard InChI is InChI=1S/C15H32N2O2/c1-14(11-19-4)17(9-10-18-3)13-15(12-16-2)7-5-6-8-15/h14,16H,5-13H2,1-4H3. The van der Waals surface area contributed by atoms with Crippen LogP contribution in [0.25, 0.3) is 0 Å². The molecule has 0 aromatic rings. The van der Waals surface area contributed by atoms with Crippen LogP contribution in [0.3, 0.4) is 0 Å². The average molecular weight is 272 g/mol. The normalized spacial score (nSPS) is 20.1. The van der Waals surface area contributed by atoms with Crippen molar-refractivity contribution in [2.24, 2.45) is 5.41 Å². The summed E-state index contributed by atoms with van der Waals surface area (Å²) in [5.41, 5.74) is 0.449. The van der Waals surface area contributed by atoms with Crippen molar-refractivity contribution < 1.29 is 9.47 Å². The summed E-state index contributed by atoms with van der Waals surface area (Å²) >= 11 is 0. The topological polar surface area (TPSA) is 33.7 Å². The number of nitrogens with zero attached hydrogens (tertiary/aromatic N) is 1. The highest BCUT2D eigenvalue weighted by atomic mass is 16.5. The van der Waals surface area contributed by atoms with Crippen molar-refractivity contribution in [3.63, 3.8) is 0 Å². The Balaban J connectivity index is 2.62. The number of hydrogen-bond acceptors (Lipinski definition) is 4. The van der Waals surface area contributed by atoms with Crippen LogP contribution in [0.4, 0.5) is 0 Å². The fourth-order valence-corrected chi connectivity index (χ4v) is 3.33. The van der Waals surface area contributed by atoms with E-state index >= 15 is 0 Å². The first-order chi connectivity index (χ1) is 9.17. The summed E-state index contributed by atoms with van der Waals surface area (Å²) in [4.78, 5) is 2.54. The smallest absolute Gasteiger partial charge is 0.0615 e. The summed E-state index contributed by atoms with van der Waals surface area (Å²) in [6, 6.07) is 0.453. The lowest BCUT2D eigenvalue weighted by molar-refractivity contribution is 0.0443. The van der Waals surface area contributed by atoms with Gasteiger partial charge in [0.15, 0.2) is 0 Å². The van der Waals surface area contributed by atoms with E-state index in [-0.39, 0.29) is 0 Å². The van der Waals surface area contributed by atoms with Gasteiger partial charge >= 0.3 is 0 Å². The van der Waals surface area contributed by atoms with Crippen LogP contribution in [0, 0.1) is 5.41 Å². The number of methoxy groups -OCH3 is 2. The minimum Gasteiger partial charge on any atom is -0.383 e. The zero-order chi connectivity index (χ0) is 14.1. The summed E-state index contributed by atoms with van der Waals surface area (Å²) in [7, 11) is 5.63. The second kappa shape index (κ2) is 8.90. The van der Waals surface area contributed by atoms with Gasteiger partial charge in [-0.15, -0.1) is 0 Å². The van der Waals surface area contributed by atoms with Crippen LogP contribution in [0.15, 0.2) is 0 Å². The summed E-state index contributed by atoms with van der Waals surface area (Å²) in [5, 5.41) is 3.39. The molecule has 0 saturated heterocycles. The molecule has 0 spiro atoms. The second-order valence-corrected chi connectivity index (χ2v) is 6.01. The van der Waals surface area contributed by atoms with Crippen molar-refractivity contribution in [3.05, 3.63) is 0 Å². The Labute approximate surface area is 118 Å². The van der Waals surface area contributed by atoms with Gasteiger partial charge in [-0.3, -0.25) is 4.90 Å². The fraction of sp³-hybridized carbons (Fsp3) is 1.00. The first-order valence-corrected chi connectivity index (χ1v) is 7.54. The number of nitrogens with one attached hydrogen (secondary N) is 1. The van der Waals surface area contributed by atoms with E-state index in [4.69, 9.17) is 9.47 Å². The Morgan fingerprint density at radius 2 is 1.89 bits per heavy atom. The molecule has 4 nitrogen and oxygen atoms in total. The molecule has 0 bridgehead atoms. The van der Waals surface area contributed by atoms with Gasteiger partial charge in [0.2, 0.25) is 0 Å². The minimum atomic E-state index is 0.449. The summed E-state index contributed by atoms with van der Waals surface area (Å²) in [6.45, 7) is 7.11. The number of hydrogen-bond donors (Lipinski definition) is 1. The van der Waals surface area contributed by atoms with Crippen LogP contribution in [-0.2, 0) is 9.47 Å². The van der Waals surface area contributed by atoms with Gasteiger partial charge in [-0.2, -0.15) is 0 Å². The van der Waals surface area contributed by atoms with E-state index in [9.17, 15) is 0 Å². The molecule has 0 aromatic heterocycles. The lowest BCUT2D eigenvalue weighted by atomic mass is 9.85. The lowest BCUT2D eigenvalue weighted by Gasteiger charge is -2.38. The van der Waals surface area contributed by atoms with Gasteiger partial charge in [-0.25, -0.2) is 0 Å². The van der Waals surface area contributed by atoms with Crippen LogP contribution in [0.5, 0.6) is 0 Å². The molecule has 1 saturated carbocycles. The maximum Gasteiger partial charge on any atom is 0.0615 e. The molecule has 1 aliphatic carbocycles. The Kier molecular flexibility index (Phi) is 7.91. The van der Waals surface area contributed by atoms with Crippen molar-refractivity contribution in [1.29, 1.82) is 0 Å². The van der Waals surface area contributed by atoms with Crippen LogP contribution in [-0.4, -0.2) is 65.1 Å². The number of rotatable bonds is 10. The van der Waals surface area contributed by atoms with Crippen molar-refractivity contribution in [3.8, 4) is 0 Å². The second-order valence-electron chi connectivity index (χ2n) is 6.01. The van der Waals surface area contributed by atoms with E-state index in [1.54, 1.807) is 14.2 Å². The molecule has 1 rings (SSSR count). The van der Waals surface area contributed by atoms with Crippen LogP contribution in [0.2, 0.25) is 0 Å². The third-order valence-corrected chi connectivity index (χ3v) is 4.37. The molecule has 1 N–H and O–H groups in total. The first-order valence-electron chi connectivity index (χ1n) is 7.54. The molecule has 19 heavy (non-hydrogen) atoms. The monoisotopic (exact) mass is 272 g/mol. The highest BCUT2D eigenvalue weighted by Crippen LogP contribution is 2.38. The molecule has 0 radical (unpaired) electrons. The van der Waals surface area contributed by atoms with E-state index in [0.717, 1.165) is 32.8 Å². The fourth-order valence-electron chi connectivity index (χ4n) is 3.33.